The Morgan fingerprint density at radius 1 is 1.25 bits per heavy atom. The van der Waals surface area contributed by atoms with Gasteiger partial charge in [0.15, 0.2) is 11.5 Å². The number of hydrogen-bond donors (Lipinski definition) is 0. The number of hydrogen-bond acceptors (Lipinski definition) is 3. The van der Waals surface area contributed by atoms with Crippen molar-refractivity contribution in [3.05, 3.63) is 23.8 Å². The van der Waals surface area contributed by atoms with Crippen LogP contribution >= 0.6 is 0 Å². The third-order valence-electron chi connectivity index (χ3n) is 2.27. The molecule has 0 bridgehead atoms. The van der Waals surface area contributed by atoms with E-state index in [0.29, 0.717) is 11.5 Å². The zero-order valence-corrected chi connectivity index (χ0v) is 10.2. The summed E-state index contributed by atoms with van der Waals surface area (Å²) in [7, 11) is 1.59. The van der Waals surface area contributed by atoms with Gasteiger partial charge in [-0.05, 0) is 19.9 Å². The molecule has 0 saturated heterocycles. The van der Waals surface area contributed by atoms with Crippen LogP contribution in [0, 0.1) is 0 Å². The summed E-state index contributed by atoms with van der Waals surface area (Å²) in [5.74, 6) is 1.14. The molecule has 0 fully saturated rings. The van der Waals surface area contributed by atoms with E-state index >= 15 is 0 Å². The lowest BCUT2D eigenvalue weighted by atomic mass is 10.0. The molecule has 3 heteroatoms. The van der Waals surface area contributed by atoms with Crippen LogP contribution in [-0.4, -0.2) is 19.5 Å². The van der Waals surface area contributed by atoms with Gasteiger partial charge in [0.05, 0.1) is 13.2 Å². The van der Waals surface area contributed by atoms with Crippen molar-refractivity contribution in [1.29, 1.82) is 0 Å². The number of ether oxygens (including phenoxy) is 2. The predicted molar refractivity (Wildman–Crippen MR) is 63.2 cm³/mol. The minimum absolute atomic E-state index is 0.0793. The average molecular weight is 222 g/mol. The van der Waals surface area contributed by atoms with Crippen LogP contribution in [0.5, 0.6) is 11.5 Å². The summed E-state index contributed by atoms with van der Waals surface area (Å²) in [6.45, 7) is 5.74. The van der Waals surface area contributed by atoms with Crippen molar-refractivity contribution >= 4 is 6.29 Å². The van der Waals surface area contributed by atoms with Crippen molar-refractivity contribution in [2.75, 3.05) is 7.11 Å². The van der Waals surface area contributed by atoms with Crippen molar-refractivity contribution in [2.24, 2.45) is 0 Å². The normalized spacial score (nSPS) is 12.3. The molecule has 88 valence electrons. The maximum absolute atomic E-state index is 10.8. The van der Waals surface area contributed by atoms with Crippen LogP contribution in [-0.2, 0) is 4.79 Å². The highest BCUT2D eigenvalue weighted by molar-refractivity contribution is 5.65. The van der Waals surface area contributed by atoms with Gasteiger partial charge < -0.3 is 14.3 Å². The Morgan fingerprint density at radius 3 is 2.44 bits per heavy atom. The van der Waals surface area contributed by atoms with E-state index in [1.54, 1.807) is 7.11 Å². The van der Waals surface area contributed by atoms with Gasteiger partial charge in [-0.15, -0.1) is 0 Å². The first-order valence-corrected chi connectivity index (χ1v) is 5.39. The average Bonchev–Trinajstić information content (AvgIpc) is 2.27. The second-order valence-electron chi connectivity index (χ2n) is 3.97. The van der Waals surface area contributed by atoms with Crippen LogP contribution in [0.4, 0.5) is 0 Å². The highest BCUT2D eigenvalue weighted by Crippen LogP contribution is 2.35. The minimum Gasteiger partial charge on any atom is -0.493 e. The molecule has 0 aromatic heterocycles. The Balaban J connectivity index is 3.14. The van der Waals surface area contributed by atoms with Gasteiger partial charge in [0.1, 0.15) is 6.29 Å². The van der Waals surface area contributed by atoms with Crippen LogP contribution in [0.2, 0.25) is 0 Å². The number of methoxy groups -OCH3 is 1. The van der Waals surface area contributed by atoms with E-state index in [9.17, 15) is 4.79 Å². The Labute approximate surface area is 96.4 Å². The fourth-order valence-corrected chi connectivity index (χ4v) is 1.53. The highest BCUT2D eigenvalue weighted by Gasteiger charge is 2.15. The summed E-state index contributed by atoms with van der Waals surface area (Å²) in [4.78, 5) is 10.8. The quantitative estimate of drug-likeness (QED) is 0.719. The van der Waals surface area contributed by atoms with E-state index < -0.39 is 0 Å². The molecule has 0 N–H and O–H groups in total. The molecule has 1 aromatic carbocycles. The van der Waals surface area contributed by atoms with Crippen LogP contribution in [0.25, 0.3) is 0 Å². The highest BCUT2D eigenvalue weighted by atomic mass is 16.5. The molecule has 1 aromatic rings. The summed E-state index contributed by atoms with van der Waals surface area (Å²) < 4.78 is 10.9. The summed E-state index contributed by atoms with van der Waals surface area (Å²) >= 11 is 0. The lowest BCUT2D eigenvalue weighted by Gasteiger charge is -2.17. The molecule has 1 atom stereocenters. The maximum Gasteiger partial charge on any atom is 0.164 e. The van der Waals surface area contributed by atoms with Gasteiger partial charge in [0.2, 0.25) is 0 Å². The zero-order valence-electron chi connectivity index (χ0n) is 10.2. The van der Waals surface area contributed by atoms with E-state index in [-0.39, 0.29) is 12.0 Å². The molecule has 0 aliphatic heterocycles. The van der Waals surface area contributed by atoms with Gasteiger partial charge in [-0.25, -0.2) is 0 Å². The second-order valence-corrected chi connectivity index (χ2v) is 3.97. The molecule has 0 heterocycles. The smallest absolute Gasteiger partial charge is 0.164 e. The van der Waals surface area contributed by atoms with Gasteiger partial charge in [-0.2, -0.15) is 0 Å². The van der Waals surface area contributed by atoms with Gasteiger partial charge in [-0.3, -0.25) is 0 Å². The molecular weight excluding hydrogens is 204 g/mol. The first-order valence-electron chi connectivity index (χ1n) is 5.39. The fraction of sp³-hybridized carbons (Fsp3) is 0.462. The third kappa shape index (κ3) is 2.75. The lowest BCUT2D eigenvalue weighted by molar-refractivity contribution is -0.108. The maximum atomic E-state index is 10.8. The molecule has 0 spiro atoms. The third-order valence-corrected chi connectivity index (χ3v) is 2.27. The van der Waals surface area contributed by atoms with E-state index in [2.05, 4.69) is 0 Å². The van der Waals surface area contributed by atoms with Gasteiger partial charge in [0, 0.05) is 11.5 Å². The summed E-state index contributed by atoms with van der Waals surface area (Å²) in [5.41, 5.74) is 0.857. The fourth-order valence-electron chi connectivity index (χ4n) is 1.53. The zero-order chi connectivity index (χ0) is 12.1. The van der Waals surface area contributed by atoms with Gasteiger partial charge >= 0.3 is 0 Å². The second kappa shape index (κ2) is 5.54. The summed E-state index contributed by atoms with van der Waals surface area (Å²) in [6, 6.07) is 5.60. The van der Waals surface area contributed by atoms with Gasteiger partial charge in [0.25, 0.3) is 0 Å². The van der Waals surface area contributed by atoms with Crippen molar-refractivity contribution in [3.8, 4) is 11.5 Å². The van der Waals surface area contributed by atoms with E-state index in [0.717, 1.165) is 11.8 Å². The molecule has 0 amide bonds. The van der Waals surface area contributed by atoms with E-state index in [4.69, 9.17) is 9.47 Å². The minimum atomic E-state index is -0.189. The molecule has 0 aliphatic carbocycles. The SMILES string of the molecule is COc1c(OC(C)C)cccc1C(C)C=O. The Bertz CT molecular complexity index is 358. The predicted octanol–water partition coefficient (Wildman–Crippen LogP) is 2.78. The standard InChI is InChI=1S/C13H18O3/c1-9(2)16-12-7-5-6-11(10(3)8-14)13(12)15-4/h5-10H,1-4H3. The number of aldehydes is 1. The molecule has 1 rings (SSSR count). The van der Waals surface area contributed by atoms with Gasteiger partial charge in [-0.1, -0.05) is 19.1 Å². The molecule has 3 nitrogen and oxygen atoms in total. The Hall–Kier alpha value is -1.51. The first kappa shape index (κ1) is 12.6. The number of carbonyl (C=O) groups excluding carboxylic acids is 1. The number of benzene rings is 1. The van der Waals surface area contributed by atoms with Crippen LogP contribution in [0.15, 0.2) is 18.2 Å². The largest absolute Gasteiger partial charge is 0.493 e. The summed E-state index contributed by atoms with van der Waals surface area (Å²) in [6.07, 6.45) is 0.979. The first-order chi connectivity index (χ1) is 7.60. The molecule has 1 unspecified atom stereocenters. The molecular formula is C13H18O3. The molecule has 0 saturated carbocycles. The molecule has 16 heavy (non-hydrogen) atoms. The number of carbonyl (C=O) groups is 1. The summed E-state index contributed by atoms with van der Waals surface area (Å²) in [5, 5.41) is 0. The topological polar surface area (TPSA) is 35.5 Å². The Morgan fingerprint density at radius 2 is 1.94 bits per heavy atom. The number of rotatable bonds is 5. The van der Waals surface area contributed by atoms with Crippen LogP contribution in [0.1, 0.15) is 32.3 Å². The van der Waals surface area contributed by atoms with Crippen LogP contribution < -0.4 is 9.47 Å². The molecule has 0 radical (unpaired) electrons. The van der Waals surface area contributed by atoms with Crippen molar-refractivity contribution in [2.45, 2.75) is 32.8 Å². The van der Waals surface area contributed by atoms with Crippen LogP contribution in [0.3, 0.4) is 0 Å². The lowest BCUT2D eigenvalue weighted by Crippen LogP contribution is -2.08. The van der Waals surface area contributed by atoms with E-state index in [1.807, 2.05) is 39.0 Å². The Kier molecular flexibility index (Phi) is 4.35. The van der Waals surface area contributed by atoms with Crippen molar-refractivity contribution in [3.63, 3.8) is 0 Å². The van der Waals surface area contributed by atoms with Crippen molar-refractivity contribution < 1.29 is 14.3 Å². The number of para-hydroxylation sites is 1. The van der Waals surface area contributed by atoms with E-state index in [1.165, 1.54) is 0 Å². The molecule has 0 aliphatic rings. The monoisotopic (exact) mass is 222 g/mol. The van der Waals surface area contributed by atoms with Crippen molar-refractivity contribution in [1.82, 2.24) is 0 Å².